The average Bonchev–Trinajstić information content (AvgIpc) is 2.89. The summed E-state index contributed by atoms with van der Waals surface area (Å²) in [7, 11) is 0. The summed E-state index contributed by atoms with van der Waals surface area (Å²) in [6.07, 6.45) is 3.29. The Bertz CT molecular complexity index is 387. The summed E-state index contributed by atoms with van der Waals surface area (Å²) in [5.41, 5.74) is -0.524. The van der Waals surface area contributed by atoms with Gasteiger partial charge >= 0.3 is 5.97 Å². The van der Waals surface area contributed by atoms with Crippen molar-refractivity contribution in [2.24, 2.45) is 23.7 Å². The van der Waals surface area contributed by atoms with Gasteiger partial charge in [0.15, 0.2) is 0 Å². The van der Waals surface area contributed by atoms with E-state index in [-0.39, 0.29) is 23.7 Å². The first kappa shape index (κ1) is 15.3. The van der Waals surface area contributed by atoms with Crippen molar-refractivity contribution in [1.82, 2.24) is 5.32 Å². The second kappa shape index (κ2) is 5.38. The monoisotopic (exact) mass is 281 g/mol. The molecule has 2 aliphatic carbocycles. The zero-order chi connectivity index (χ0) is 15.1. The Labute approximate surface area is 121 Å². The Hall–Kier alpha value is -1.06. The van der Waals surface area contributed by atoms with Crippen LogP contribution in [0, 0.1) is 23.7 Å². The SMILES string of the molecule is CC(C)[C@@H](NC(=O)C1CC2CC2C1)C(=O)OC(C)(C)C. The minimum absolute atomic E-state index is 0.0294. The molecule has 2 fully saturated rings. The smallest absolute Gasteiger partial charge is 0.329 e. The van der Waals surface area contributed by atoms with E-state index in [1.807, 2.05) is 34.6 Å². The summed E-state index contributed by atoms with van der Waals surface area (Å²) in [4.78, 5) is 24.5. The third-order valence-corrected chi connectivity index (χ3v) is 4.24. The molecule has 0 aliphatic heterocycles. The van der Waals surface area contributed by atoms with E-state index in [4.69, 9.17) is 4.74 Å². The van der Waals surface area contributed by atoms with Gasteiger partial charge in [-0.25, -0.2) is 4.79 Å². The predicted octanol–water partition coefficient (Wildman–Crippen LogP) is 2.52. The summed E-state index contributed by atoms with van der Waals surface area (Å²) in [5, 5.41) is 2.91. The molecule has 0 spiro atoms. The van der Waals surface area contributed by atoms with Crippen LogP contribution in [0.2, 0.25) is 0 Å². The number of hydrogen-bond donors (Lipinski definition) is 1. The van der Waals surface area contributed by atoms with Crippen LogP contribution >= 0.6 is 0 Å². The molecular weight excluding hydrogens is 254 g/mol. The van der Waals surface area contributed by atoms with Crippen LogP contribution in [0.1, 0.15) is 53.9 Å². The normalized spacial score (nSPS) is 29.8. The van der Waals surface area contributed by atoms with Crippen LogP contribution in [-0.4, -0.2) is 23.5 Å². The number of ether oxygens (including phenoxy) is 1. The van der Waals surface area contributed by atoms with E-state index in [0.29, 0.717) is 0 Å². The van der Waals surface area contributed by atoms with E-state index < -0.39 is 11.6 Å². The molecule has 0 bridgehead atoms. The molecule has 0 heterocycles. The van der Waals surface area contributed by atoms with Gasteiger partial charge in [-0.05, 0) is 57.8 Å². The fourth-order valence-electron chi connectivity index (χ4n) is 3.06. The van der Waals surface area contributed by atoms with Gasteiger partial charge in [0.05, 0.1) is 0 Å². The molecule has 2 unspecified atom stereocenters. The zero-order valence-corrected chi connectivity index (χ0v) is 13.2. The number of amides is 1. The summed E-state index contributed by atoms with van der Waals surface area (Å²) in [6.45, 7) is 9.39. The second-order valence-corrected chi connectivity index (χ2v) is 7.69. The van der Waals surface area contributed by atoms with Crippen molar-refractivity contribution >= 4 is 11.9 Å². The lowest BCUT2D eigenvalue weighted by atomic mass is 9.99. The molecule has 2 saturated carbocycles. The Morgan fingerprint density at radius 1 is 1.10 bits per heavy atom. The van der Waals surface area contributed by atoms with Crippen molar-refractivity contribution in [2.45, 2.75) is 65.5 Å². The van der Waals surface area contributed by atoms with E-state index in [1.54, 1.807) is 0 Å². The first-order valence-electron chi connectivity index (χ1n) is 7.70. The lowest BCUT2D eigenvalue weighted by Crippen LogP contribution is -2.48. The van der Waals surface area contributed by atoms with E-state index in [0.717, 1.165) is 24.7 Å². The molecule has 1 amide bonds. The van der Waals surface area contributed by atoms with Gasteiger partial charge in [-0.2, -0.15) is 0 Å². The van der Waals surface area contributed by atoms with Crippen LogP contribution in [0.25, 0.3) is 0 Å². The lowest BCUT2D eigenvalue weighted by Gasteiger charge is -2.27. The summed E-state index contributed by atoms with van der Waals surface area (Å²) >= 11 is 0. The van der Waals surface area contributed by atoms with Crippen molar-refractivity contribution in [3.8, 4) is 0 Å². The first-order chi connectivity index (χ1) is 9.17. The highest BCUT2D eigenvalue weighted by molar-refractivity contribution is 5.86. The van der Waals surface area contributed by atoms with Gasteiger partial charge in [-0.3, -0.25) is 4.79 Å². The maximum Gasteiger partial charge on any atom is 0.329 e. The van der Waals surface area contributed by atoms with Crippen LogP contribution in [-0.2, 0) is 14.3 Å². The highest BCUT2D eigenvalue weighted by Gasteiger charge is 2.48. The highest BCUT2D eigenvalue weighted by atomic mass is 16.6. The number of rotatable bonds is 4. The number of fused-ring (bicyclic) bond motifs is 1. The quantitative estimate of drug-likeness (QED) is 0.806. The maximum absolute atomic E-state index is 12.3. The molecule has 0 saturated heterocycles. The summed E-state index contributed by atoms with van der Waals surface area (Å²) in [6, 6.07) is -0.543. The molecule has 3 atom stereocenters. The Balaban J connectivity index is 1.91. The molecule has 0 radical (unpaired) electrons. The number of carbonyl (C=O) groups is 2. The number of esters is 1. The molecule has 2 rings (SSSR count). The van der Waals surface area contributed by atoms with Crippen LogP contribution in [0.15, 0.2) is 0 Å². The van der Waals surface area contributed by atoms with Gasteiger partial charge in [0.2, 0.25) is 5.91 Å². The molecule has 0 aromatic carbocycles. The topological polar surface area (TPSA) is 55.4 Å². The minimum Gasteiger partial charge on any atom is -0.458 e. The van der Waals surface area contributed by atoms with E-state index in [9.17, 15) is 9.59 Å². The fourth-order valence-corrected chi connectivity index (χ4v) is 3.06. The van der Waals surface area contributed by atoms with Crippen LogP contribution in [0.3, 0.4) is 0 Å². The van der Waals surface area contributed by atoms with Crippen LogP contribution in [0.5, 0.6) is 0 Å². The van der Waals surface area contributed by atoms with Crippen LogP contribution < -0.4 is 5.32 Å². The Morgan fingerprint density at radius 2 is 1.65 bits per heavy atom. The molecular formula is C16H27NO3. The van der Waals surface area contributed by atoms with Crippen molar-refractivity contribution < 1.29 is 14.3 Å². The van der Waals surface area contributed by atoms with Crippen molar-refractivity contribution in [2.75, 3.05) is 0 Å². The number of nitrogens with one attached hydrogen (secondary N) is 1. The third-order valence-electron chi connectivity index (χ3n) is 4.24. The molecule has 20 heavy (non-hydrogen) atoms. The van der Waals surface area contributed by atoms with Gasteiger partial charge in [0, 0.05) is 5.92 Å². The summed E-state index contributed by atoms with van der Waals surface area (Å²) in [5.74, 6) is 1.37. The predicted molar refractivity (Wildman–Crippen MR) is 76.9 cm³/mol. The van der Waals surface area contributed by atoms with E-state index in [1.165, 1.54) is 6.42 Å². The van der Waals surface area contributed by atoms with E-state index >= 15 is 0 Å². The standard InChI is InChI=1S/C16H27NO3/c1-9(2)13(15(19)20-16(3,4)5)17-14(18)12-7-10-6-11(10)8-12/h9-13H,6-8H2,1-5H3,(H,17,18)/t10?,11?,12?,13-/m1/s1. The van der Waals surface area contributed by atoms with Crippen molar-refractivity contribution in [1.29, 1.82) is 0 Å². The maximum atomic E-state index is 12.3. The van der Waals surface area contributed by atoms with Gasteiger partial charge < -0.3 is 10.1 Å². The molecule has 4 nitrogen and oxygen atoms in total. The van der Waals surface area contributed by atoms with Gasteiger partial charge in [0.1, 0.15) is 11.6 Å². The fraction of sp³-hybridized carbons (Fsp3) is 0.875. The lowest BCUT2D eigenvalue weighted by molar-refractivity contribution is -0.160. The van der Waals surface area contributed by atoms with Crippen LogP contribution in [0.4, 0.5) is 0 Å². The number of carbonyl (C=O) groups excluding carboxylic acids is 2. The Kier molecular flexibility index (Phi) is 4.12. The molecule has 1 N–H and O–H groups in total. The Morgan fingerprint density at radius 3 is 2.10 bits per heavy atom. The zero-order valence-electron chi connectivity index (χ0n) is 13.2. The number of hydrogen-bond acceptors (Lipinski definition) is 3. The van der Waals surface area contributed by atoms with Gasteiger partial charge in [-0.1, -0.05) is 13.8 Å². The first-order valence-corrected chi connectivity index (χ1v) is 7.70. The molecule has 0 aromatic heterocycles. The molecule has 2 aliphatic rings. The molecule has 0 aromatic rings. The van der Waals surface area contributed by atoms with Gasteiger partial charge in [-0.15, -0.1) is 0 Å². The highest BCUT2D eigenvalue weighted by Crippen LogP contribution is 2.54. The van der Waals surface area contributed by atoms with Crippen molar-refractivity contribution in [3.05, 3.63) is 0 Å². The average molecular weight is 281 g/mol. The second-order valence-electron chi connectivity index (χ2n) is 7.69. The van der Waals surface area contributed by atoms with Crippen molar-refractivity contribution in [3.63, 3.8) is 0 Å². The van der Waals surface area contributed by atoms with E-state index in [2.05, 4.69) is 5.32 Å². The molecule has 4 heteroatoms. The minimum atomic E-state index is -0.543. The molecule has 114 valence electrons. The third kappa shape index (κ3) is 3.74. The van der Waals surface area contributed by atoms with Gasteiger partial charge in [0.25, 0.3) is 0 Å². The largest absolute Gasteiger partial charge is 0.458 e. The summed E-state index contributed by atoms with van der Waals surface area (Å²) < 4.78 is 5.40.